The van der Waals surface area contributed by atoms with Crippen molar-refractivity contribution in [3.63, 3.8) is 0 Å². The van der Waals surface area contributed by atoms with Crippen LogP contribution in [0.5, 0.6) is 5.75 Å². The van der Waals surface area contributed by atoms with Crippen LogP contribution in [0.25, 0.3) is 0 Å². The first kappa shape index (κ1) is 24.0. The molecule has 1 aliphatic carbocycles. The van der Waals surface area contributed by atoms with Gasteiger partial charge in [0.05, 0.1) is 0 Å². The zero-order valence-corrected chi connectivity index (χ0v) is 20.1. The number of hydrogen-bond acceptors (Lipinski definition) is 6. The highest BCUT2D eigenvalue weighted by Crippen LogP contribution is 2.45. The highest BCUT2D eigenvalue weighted by molar-refractivity contribution is 6.30. The van der Waals surface area contributed by atoms with Crippen LogP contribution in [-0.4, -0.2) is 57.5 Å². The lowest BCUT2D eigenvalue weighted by molar-refractivity contribution is -0.117. The van der Waals surface area contributed by atoms with Gasteiger partial charge in [-0.1, -0.05) is 11.6 Å². The van der Waals surface area contributed by atoms with Gasteiger partial charge >= 0.3 is 6.09 Å². The minimum atomic E-state index is -0.538. The van der Waals surface area contributed by atoms with Crippen LogP contribution in [0.1, 0.15) is 42.4 Å². The third-order valence-electron chi connectivity index (χ3n) is 6.03. The molecule has 1 saturated carbocycles. The second-order valence-corrected chi connectivity index (χ2v) is 10.4. The second-order valence-electron chi connectivity index (χ2n) is 9.93. The minimum Gasteiger partial charge on any atom is -0.508 e. The molecule has 0 bridgehead atoms. The summed E-state index contributed by atoms with van der Waals surface area (Å²) >= 11 is 5.95. The Morgan fingerprint density at radius 1 is 1.15 bits per heavy atom. The molecule has 9 heteroatoms. The molecule has 34 heavy (non-hydrogen) atoms. The van der Waals surface area contributed by atoms with E-state index >= 15 is 0 Å². The van der Waals surface area contributed by atoms with Crippen LogP contribution in [0.2, 0.25) is 5.02 Å². The normalized spacial score (nSPS) is 21.1. The van der Waals surface area contributed by atoms with Gasteiger partial charge in [-0.3, -0.25) is 14.6 Å². The molecule has 2 N–H and O–H groups in total. The molecule has 2 amide bonds. The fourth-order valence-corrected chi connectivity index (χ4v) is 4.54. The van der Waals surface area contributed by atoms with Crippen LogP contribution < -0.4 is 5.32 Å². The number of Topliss-reactive ketones (excluding diaryl/α,β-unsaturated/α-hetero) is 1. The molecule has 2 aliphatic rings. The van der Waals surface area contributed by atoms with Crippen LogP contribution in [-0.2, 0) is 22.4 Å². The second kappa shape index (κ2) is 9.25. The van der Waals surface area contributed by atoms with E-state index in [9.17, 15) is 19.5 Å². The van der Waals surface area contributed by atoms with Gasteiger partial charge in [-0.15, -0.1) is 0 Å². The summed E-state index contributed by atoms with van der Waals surface area (Å²) in [5.74, 6) is 0.0325. The molecule has 1 aromatic carbocycles. The smallest absolute Gasteiger partial charge is 0.410 e. The number of carbonyl (C=O) groups is 3. The van der Waals surface area contributed by atoms with Gasteiger partial charge < -0.3 is 20.1 Å². The first-order valence-electron chi connectivity index (χ1n) is 11.2. The van der Waals surface area contributed by atoms with E-state index in [1.807, 2.05) is 20.8 Å². The van der Waals surface area contributed by atoms with E-state index in [2.05, 4.69) is 10.3 Å². The summed E-state index contributed by atoms with van der Waals surface area (Å²) in [5.41, 5.74) is 0.832. The van der Waals surface area contributed by atoms with E-state index in [1.54, 1.807) is 29.2 Å². The van der Waals surface area contributed by atoms with Crippen LogP contribution >= 0.6 is 11.6 Å². The maximum absolute atomic E-state index is 12.7. The molecule has 180 valence electrons. The number of likely N-dealkylation sites (tertiary alicyclic amines) is 1. The Balaban J connectivity index is 1.29. The standard InChI is InChI=1S/C25H28ClN3O5/c1-25(2,3)34-24(33)29-12-18-19(13-29)22(18)28-23(32)20-9-14(6-7-27-20)8-17(30)11-15-10-16(26)4-5-21(15)31/h4-7,9-10,18-19,22,31H,8,11-13H2,1-3H3,(H,28,32)/t18-,19+,22?. The number of nitrogens with zero attached hydrogens (tertiary/aromatic N) is 2. The Morgan fingerprint density at radius 3 is 2.53 bits per heavy atom. The Morgan fingerprint density at radius 2 is 1.85 bits per heavy atom. The van der Waals surface area contributed by atoms with Crippen molar-refractivity contribution < 1.29 is 24.2 Å². The van der Waals surface area contributed by atoms with E-state index in [1.165, 1.54) is 12.3 Å². The van der Waals surface area contributed by atoms with E-state index in [-0.39, 0.29) is 59.9 Å². The molecular formula is C25H28ClN3O5. The van der Waals surface area contributed by atoms with Crippen molar-refractivity contribution in [2.24, 2.45) is 11.8 Å². The zero-order valence-electron chi connectivity index (χ0n) is 19.4. The molecule has 1 unspecified atom stereocenters. The lowest BCUT2D eigenvalue weighted by Gasteiger charge is -2.26. The third-order valence-corrected chi connectivity index (χ3v) is 6.27. The van der Waals surface area contributed by atoms with Gasteiger partial charge in [0.1, 0.15) is 22.8 Å². The third kappa shape index (κ3) is 5.67. The molecule has 8 nitrogen and oxygen atoms in total. The van der Waals surface area contributed by atoms with Crippen molar-refractivity contribution in [2.45, 2.75) is 45.3 Å². The fourth-order valence-electron chi connectivity index (χ4n) is 4.35. The quantitative estimate of drug-likeness (QED) is 0.649. The summed E-state index contributed by atoms with van der Waals surface area (Å²) < 4.78 is 5.41. The van der Waals surface area contributed by atoms with Crippen molar-refractivity contribution in [3.8, 4) is 5.75 Å². The number of halogens is 1. The number of hydrogen-bond donors (Lipinski definition) is 2. The predicted octanol–water partition coefficient (Wildman–Crippen LogP) is 3.39. The number of aromatic nitrogens is 1. The number of carbonyl (C=O) groups excluding carboxylic acids is 3. The fraction of sp³-hybridized carbons (Fsp3) is 0.440. The lowest BCUT2D eigenvalue weighted by Crippen LogP contribution is -2.40. The first-order chi connectivity index (χ1) is 16.0. The van der Waals surface area contributed by atoms with Crippen LogP contribution in [0.3, 0.4) is 0 Å². The van der Waals surface area contributed by atoms with Gasteiger partial charge in [0.25, 0.3) is 5.91 Å². The molecule has 1 aliphatic heterocycles. The van der Waals surface area contributed by atoms with Gasteiger partial charge in [-0.2, -0.15) is 0 Å². The number of benzene rings is 1. The number of ketones is 1. The maximum Gasteiger partial charge on any atom is 0.410 e. The van der Waals surface area contributed by atoms with E-state index in [4.69, 9.17) is 16.3 Å². The summed E-state index contributed by atoms with van der Waals surface area (Å²) in [4.78, 5) is 43.3. The number of amides is 2. The van der Waals surface area contributed by atoms with E-state index < -0.39 is 5.60 Å². The topological polar surface area (TPSA) is 109 Å². The zero-order chi connectivity index (χ0) is 24.6. The van der Waals surface area contributed by atoms with Crippen molar-refractivity contribution in [2.75, 3.05) is 13.1 Å². The largest absolute Gasteiger partial charge is 0.508 e. The van der Waals surface area contributed by atoms with Crippen LogP contribution in [0.15, 0.2) is 36.5 Å². The maximum atomic E-state index is 12.7. The molecular weight excluding hydrogens is 458 g/mol. The SMILES string of the molecule is CC(C)(C)OC(=O)N1C[C@@H]2C(NC(=O)c3cc(CC(=O)Cc4cc(Cl)ccc4O)ccn3)[C@@H]2C1. The Hall–Kier alpha value is -3.13. The molecule has 0 spiro atoms. The molecule has 0 radical (unpaired) electrons. The Bertz CT molecular complexity index is 1120. The number of fused-ring (bicyclic) bond motifs is 1. The summed E-state index contributed by atoms with van der Waals surface area (Å²) in [5, 5.41) is 13.4. The van der Waals surface area contributed by atoms with Gasteiger partial charge in [0.15, 0.2) is 0 Å². The Labute approximate surface area is 203 Å². The van der Waals surface area contributed by atoms with Gasteiger partial charge in [0.2, 0.25) is 0 Å². The van der Waals surface area contributed by atoms with Crippen molar-refractivity contribution >= 4 is 29.4 Å². The number of aromatic hydroxyl groups is 1. The average Bonchev–Trinajstić information content (AvgIpc) is 3.16. The van der Waals surface area contributed by atoms with Gasteiger partial charge in [-0.05, 0) is 56.7 Å². The highest BCUT2D eigenvalue weighted by atomic mass is 35.5. The summed E-state index contributed by atoms with van der Waals surface area (Å²) in [7, 11) is 0. The van der Waals surface area contributed by atoms with Crippen molar-refractivity contribution in [1.29, 1.82) is 0 Å². The molecule has 4 rings (SSSR count). The molecule has 2 aromatic rings. The first-order valence-corrected chi connectivity index (χ1v) is 11.6. The van der Waals surface area contributed by atoms with Crippen LogP contribution in [0, 0.1) is 11.8 Å². The number of pyridine rings is 1. The molecule has 1 saturated heterocycles. The minimum absolute atomic E-state index is 0.00378. The van der Waals surface area contributed by atoms with E-state index in [0.717, 1.165) is 0 Å². The number of nitrogens with one attached hydrogen (secondary N) is 1. The van der Waals surface area contributed by atoms with Crippen molar-refractivity contribution in [3.05, 3.63) is 58.4 Å². The number of rotatable bonds is 6. The van der Waals surface area contributed by atoms with E-state index in [0.29, 0.717) is 29.2 Å². The molecule has 1 aromatic heterocycles. The summed E-state index contributed by atoms with van der Waals surface area (Å²) in [6, 6.07) is 7.88. The predicted molar refractivity (Wildman–Crippen MR) is 126 cm³/mol. The van der Waals surface area contributed by atoms with Crippen LogP contribution in [0.4, 0.5) is 4.79 Å². The summed E-state index contributed by atoms with van der Waals surface area (Å²) in [6.45, 7) is 6.62. The number of piperidine rings is 1. The van der Waals surface area contributed by atoms with Gasteiger partial charge in [-0.25, -0.2) is 4.79 Å². The molecule has 2 heterocycles. The molecule has 3 atom stereocenters. The molecule has 2 fully saturated rings. The summed E-state index contributed by atoms with van der Waals surface area (Å²) in [6.07, 6.45) is 1.33. The van der Waals surface area contributed by atoms with Gasteiger partial charge in [0, 0.05) is 60.6 Å². The monoisotopic (exact) mass is 485 g/mol. The lowest BCUT2D eigenvalue weighted by atomic mass is 10.0. The Kier molecular flexibility index (Phi) is 6.53. The number of ether oxygens (including phenoxy) is 1. The number of phenols is 1. The average molecular weight is 486 g/mol. The number of phenolic OH excluding ortho intramolecular Hbond substituents is 1. The highest BCUT2D eigenvalue weighted by Gasteiger charge is 2.58. The van der Waals surface area contributed by atoms with Crippen molar-refractivity contribution in [1.82, 2.24) is 15.2 Å².